The molecule has 4 heterocycles. The van der Waals surface area contributed by atoms with Crippen molar-refractivity contribution in [3.63, 3.8) is 0 Å². The number of carboxylic acids is 1. The van der Waals surface area contributed by atoms with Gasteiger partial charge in [0, 0.05) is 42.1 Å². The molecule has 0 bridgehead atoms. The first kappa shape index (κ1) is 32.9. The molecule has 0 spiro atoms. The Morgan fingerprint density at radius 1 is 1.09 bits per heavy atom. The fourth-order valence-electron chi connectivity index (χ4n) is 5.51. The zero-order valence-corrected chi connectivity index (χ0v) is 25.3. The number of aromatic nitrogens is 6. The number of alkyl halides is 3. The van der Waals surface area contributed by atoms with Crippen LogP contribution in [0.1, 0.15) is 46.3 Å². The monoisotopic (exact) mass is 662 g/mol. The maximum Gasteiger partial charge on any atom is 0.406 e. The van der Waals surface area contributed by atoms with Gasteiger partial charge in [0.1, 0.15) is 24.8 Å². The van der Waals surface area contributed by atoms with Gasteiger partial charge >= 0.3 is 12.1 Å². The van der Waals surface area contributed by atoms with E-state index in [4.69, 9.17) is 21.3 Å². The number of aromatic carboxylic acids is 1. The topological polar surface area (TPSA) is 138 Å². The zero-order valence-electron chi connectivity index (χ0n) is 24.5. The van der Waals surface area contributed by atoms with Crippen molar-refractivity contribution in [2.24, 2.45) is 0 Å². The lowest BCUT2D eigenvalue weighted by Gasteiger charge is -2.31. The van der Waals surface area contributed by atoms with Gasteiger partial charge in [-0.15, -0.1) is 5.10 Å². The maximum atomic E-state index is 14.1. The van der Waals surface area contributed by atoms with Crippen LogP contribution in [0.3, 0.4) is 0 Å². The lowest BCUT2D eigenvalue weighted by molar-refractivity contribution is -0.141. The summed E-state index contributed by atoms with van der Waals surface area (Å²) in [5.74, 6) is -0.572. The zero-order chi connectivity index (χ0) is 31.7. The second-order valence-electron chi connectivity index (χ2n) is 10.9. The van der Waals surface area contributed by atoms with Gasteiger partial charge in [-0.3, -0.25) is 9.58 Å². The van der Waals surface area contributed by atoms with E-state index < -0.39 is 24.5 Å². The first-order valence-corrected chi connectivity index (χ1v) is 14.5. The molecule has 4 N–H and O–H groups in total. The summed E-state index contributed by atoms with van der Waals surface area (Å²) in [5.41, 5.74) is 1.82. The highest BCUT2D eigenvalue weighted by atomic mass is 35.5. The number of rotatable bonds is 10. The van der Waals surface area contributed by atoms with Crippen molar-refractivity contribution in [1.82, 2.24) is 39.9 Å². The van der Waals surface area contributed by atoms with Crippen LogP contribution < -0.4 is 10.9 Å². The Bertz CT molecular complexity index is 1830. The number of piperidine rings is 1. The van der Waals surface area contributed by atoms with Crippen molar-refractivity contribution in [2.45, 2.75) is 51.3 Å². The molecule has 3 aromatic heterocycles. The van der Waals surface area contributed by atoms with Crippen LogP contribution in [0.2, 0.25) is 5.02 Å². The molecule has 0 radical (unpaired) electrons. The van der Waals surface area contributed by atoms with Crippen LogP contribution in [0.5, 0.6) is 5.88 Å². The molecule has 11 nitrogen and oxygen atoms in total. The van der Waals surface area contributed by atoms with Gasteiger partial charge < -0.3 is 25.1 Å². The molecular weight excluding hydrogens is 632 g/mol. The Morgan fingerprint density at radius 3 is 2.59 bits per heavy atom. The minimum absolute atomic E-state index is 0. The van der Waals surface area contributed by atoms with E-state index in [0.717, 1.165) is 23.7 Å². The number of halogens is 5. The summed E-state index contributed by atoms with van der Waals surface area (Å²) in [5, 5.41) is 14.4. The molecule has 1 aliphatic heterocycles. The highest BCUT2D eigenvalue weighted by Gasteiger charge is 2.29. The van der Waals surface area contributed by atoms with Gasteiger partial charge in [0.05, 0.1) is 47.7 Å². The second kappa shape index (κ2) is 13.5. The summed E-state index contributed by atoms with van der Waals surface area (Å²) < 4.78 is 64.0. The normalized spacial score (nSPS) is 14.5. The molecule has 0 atom stereocenters. The Morgan fingerprint density at radius 2 is 1.87 bits per heavy atom. The molecule has 0 unspecified atom stereocenters. The number of fused-ring (bicyclic) bond motifs is 1. The van der Waals surface area contributed by atoms with E-state index in [9.17, 15) is 27.5 Å². The Labute approximate surface area is 265 Å². The molecule has 6 rings (SSSR count). The molecule has 1 fully saturated rings. The van der Waals surface area contributed by atoms with Crippen LogP contribution in [0.15, 0.2) is 61.2 Å². The molecule has 244 valence electrons. The number of likely N-dealkylation sites (tertiary alicyclic amines) is 1. The average molecular weight is 663 g/mol. The molecule has 1 aliphatic rings. The number of carboxylic acid groups (broad SMARTS) is 1. The van der Waals surface area contributed by atoms with Gasteiger partial charge in [0.2, 0.25) is 5.88 Å². The van der Waals surface area contributed by atoms with E-state index in [0.29, 0.717) is 58.7 Å². The summed E-state index contributed by atoms with van der Waals surface area (Å²) in [4.78, 5) is 22.5. The van der Waals surface area contributed by atoms with Gasteiger partial charge in [-0.25, -0.2) is 19.2 Å². The number of carbonyl (C=O) groups is 1. The van der Waals surface area contributed by atoms with Gasteiger partial charge in [-0.1, -0.05) is 17.7 Å². The van der Waals surface area contributed by atoms with Crippen molar-refractivity contribution in [2.75, 3.05) is 13.1 Å². The summed E-state index contributed by atoms with van der Waals surface area (Å²) in [6, 6.07) is 10.8. The summed E-state index contributed by atoms with van der Waals surface area (Å²) in [7, 11) is 0. The van der Waals surface area contributed by atoms with Crippen molar-refractivity contribution in [3.05, 3.63) is 94.7 Å². The maximum absolute atomic E-state index is 14.1. The van der Waals surface area contributed by atoms with E-state index in [1.54, 1.807) is 28.8 Å². The van der Waals surface area contributed by atoms with E-state index in [2.05, 4.69) is 15.0 Å². The smallest absolute Gasteiger partial charge is 0.406 e. The third kappa shape index (κ3) is 7.49. The van der Waals surface area contributed by atoms with Crippen molar-refractivity contribution in [3.8, 4) is 5.88 Å². The average Bonchev–Trinajstić information content (AvgIpc) is 3.72. The molecule has 2 aromatic carbocycles. The number of hydrogen-bond donors (Lipinski definition) is 2. The number of ether oxygens (including phenoxy) is 1. The Hall–Kier alpha value is -4.47. The van der Waals surface area contributed by atoms with E-state index in [1.165, 1.54) is 24.4 Å². The number of imidazole rings is 2. The highest BCUT2D eigenvalue weighted by Crippen LogP contribution is 2.27. The fourth-order valence-corrected chi connectivity index (χ4v) is 5.67. The summed E-state index contributed by atoms with van der Waals surface area (Å²) in [6.45, 7) is 0.689. The second-order valence-corrected chi connectivity index (χ2v) is 11.4. The molecular formula is C30H31ClF4N8O3. The van der Waals surface area contributed by atoms with Gasteiger partial charge in [-0.2, -0.15) is 13.2 Å². The predicted octanol–water partition coefficient (Wildman–Crippen LogP) is 6.11. The van der Waals surface area contributed by atoms with Gasteiger partial charge in [0.15, 0.2) is 0 Å². The fraction of sp³-hybridized carbons (Fsp3) is 0.333. The van der Waals surface area contributed by atoms with Gasteiger partial charge in [-0.05, 0) is 43.2 Å². The molecule has 0 amide bonds. The lowest BCUT2D eigenvalue weighted by atomic mass is 10.1. The summed E-state index contributed by atoms with van der Waals surface area (Å²) in [6.07, 6.45) is 1.46. The Kier molecular flexibility index (Phi) is 9.65. The van der Waals surface area contributed by atoms with Crippen LogP contribution in [0, 0.1) is 5.82 Å². The lowest BCUT2D eigenvalue weighted by Crippen LogP contribution is -2.35. The molecule has 1 saturated heterocycles. The Balaban J connectivity index is 0.00000417. The van der Waals surface area contributed by atoms with E-state index in [1.807, 2.05) is 10.9 Å². The highest BCUT2D eigenvalue weighted by molar-refractivity contribution is 6.30. The van der Waals surface area contributed by atoms with Crippen LogP contribution in [-0.4, -0.2) is 64.1 Å². The minimum Gasteiger partial charge on any atom is -0.478 e. The molecule has 16 heteroatoms. The molecule has 46 heavy (non-hydrogen) atoms. The first-order valence-electron chi connectivity index (χ1n) is 14.1. The quantitative estimate of drug-likeness (QED) is 0.171. The first-order chi connectivity index (χ1) is 21.5. The standard InChI is InChI=1S/C30H28ClF4N7O3.H3N/c31-21-3-1-20(24(32)12-21)16-45-28-7-10-42(38-28)22-5-8-39(9-6-22)15-27-37-25-4-2-19(29(43)44)11-26(25)41(27)14-23-13-36-18-40(23)17-30(33,34)35;/h1-4,7,10-13,18,22H,5-6,8-9,14-17H2,(H,43,44);1H3. The van der Waals surface area contributed by atoms with Crippen molar-refractivity contribution < 1.29 is 32.2 Å². The number of hydrogen-bond acceptors (Lipinski definition) is 7. The molecule has 0 saturated carbocycles. The van der Waals surface area contributed by atoms with Crippen molar-refractivity contribution >= 4 is 28.6 Å². The largest absolute Gasteiger partial charge is 0.478 e. The van der Waals surface area contributed by atoms with E-state index in [-0.39, 0.29) is 30.9 Å². The molecule has 0 aliphatic carbocycles. The third-order valence-corrected chi connectivity index (χ3v) is 8.05. The number of nitrogens with zero attached hydrogens (tertiary/aromatic N) is 7. The van der Waals surface area contributed by atoms with Crippen LogP contribution >= 0.6 is 11.6 Å². The van der Waals surface area contributed by atoms with E-state index >= 15 is 0 Å². The SMILES string of the molecule is N.O=C(O)c1ccc2nc(CN3CCC(n4ccc(OCc5ccc(Cl)cc5F)n4)CC3)n(Cc3cncn3CC(F)(F)F)c2c1. The minimum atomic E-state index is -4.42. The van der Waals surface area contributed by atoms with Crippen LogP contribution in [0.4, 0.5) is 17.6 Å². The predicted molar refractivity (Wildman–Crippen MR) is 161 cm³/mol. The van der Waals surface area contributed by atoms with Crippen LogP contribution in [0.25, 0.3) is 11.0 Å². The van der Waals surface area contributed by atoms with Gasteiger partial charge in [0.25, 0.3) is 0 Å². The number of benzene rings is 2. The summed E-state index contributed by atoms with van der Waals surface area (Å²) >= 11 is 5.81. The third-order valence-electron chi connectivity index (χ3n) is 7.81. The molecule has 5 aromatic rings. The van der Waals surface area contributed by atoms with Crippen LogP contribution in [-0.2, 0) is 26.2 Å². The van der Waals surface area contributed by atoms with Crippen molar-refractivity contribution in [1.29, 1.82) is 0 Å².